The Balaban J connectivity index is 2.24. The molecule has 5 heteroatoms. The molecule has 0 aliphatic rings. The molecule has 0 aliphatic heterocycles. The zero-order valence-corrected chi connectivity index (χ0v) is 8.41. The molecule has 68 valence electrons. The summed E-state index contributed by atoms with van der Waals surface area (Å²) in [5.41, 5.74) is 14.8. The van der Waals surface area contributed by atoms with Gasteiger partial charge in [0, 0.05) is 21.5 Å². The van der Waals surface area contributed by atoms with Crippen LogP contribution in [0, 0.1) is 0 Å². The van der Waals surface area contributed by atoms with Gasteiger partial charge < -0.3 is 16.8 Å². The van der Waals surface area contributed by atoms with Crippen molar-refractivity contribution in [2.75, 3.05) is 16.8 Å². The van der Waals surface area contributed by atoms with E-state index in [9.17, 15) is 0 Å². The molecule has 0 atom stereocenters. The second kappa shape index (κ2) is 3.27. The number of hydrogen-bond acceptors (Lipinski definition) is 5. The number of nitrogens with one attached hydrogen (secondary N) is 1. The van der Waals surface area contributed by atoms with Crippen molar-refractivity contribution in [2.24, 2.45) is 0 Å². The van der Waals surface area contributed by atoms with E-state index in [1.807, 2.05) is 21.5 Å². The fraction of sp³-hybridized carbons (Fsp3) is 0. The molecule has 13 heavy (non-hydrogen) atoms. The monoisotopic (exact) mass is 211 g/mol. The van der Waals surface area contributed by atoms with Crippen LogP contribution >= 0.6 is 22.7 Å². The third-order valence-electron chi connectivity index (χ3n) is 1.65. The first-order valence-electron chi connectivity index (χ1n) is 3.67. The number of anilines is 4. The van der Waals surface area contributed by atoms with Gasteiger partial charge in [-0.05, 0) is 0 Å². The van der Waals surface area contributed by atoms with E-state index >= 15 is 0 Å². The van der Waals surface area contributed by atoms with Gasteiger partial charge in [-0.25, -0.2) is 0 Å². The maximum atomic E-state index is 5.72. The smallest absolute Gasteiger partial charge is 0.0727 e. The lowest BCUT2D eigenvalue weighted by atomic mass is 10.4. The average molecular weight is 211 g/mol. The molecular formula is C8H9N3S2. The molecule has 0 aliphatic carbocycles. The summed E-state index contributed by atoms with van der Waals surface area (Å²) in [6.45, 7) is 0. The molecule has 5 N–H and O–H groups in total. The summed E-state index contributed by atoms with van der Waals surface area (Å²) in [5, 5.41) is 10.9. The van der Waals surface area contributed by atoms with Crippen molar-refractivity contribution in [1.82, 2.24) is 0 Å². The second-order valence-electron chi connectivity index (χ2n) is 2.61. The Bertz CT molecular complexity index is 367. The molecule has 2 rings (SSSR count). The maximum Gasteiger partial charge on any atom is 0.0727 e. The van der Waals surface area contributed by atoms with E-state index in [4.69, 9.17) is 11.5 Å². The van der Waals surface area contributed by atoms with Crippen LogP contribution in [-0.2, 0) is 0 Å². The van der Waals surface area contributed by atoms with Crippen LogP contribution in [-0.4, -0.2) is 0 Å². The zero-order valence-electron chi connectivity index (χ0n) is 6.78. The first kappa shape index (κ1) is 8.40. The summed E-state index contributed by atoms with van der Waals surface area (Å²) in [6, 6.07) is 0. The van der Waals surface area contributed by atoms with Gasteiger partial charge in [0.1, 0.15) is 0 Å². The van der Waals surface area contributed by atoms with Crippen LogP contribution in [0.1, 0.15) is 0 Å². The molecule has 3 nitrogen and oxygen atoms in total. The van der Waals surface area contributed by atoms with E-state index in [1.165, 1.54) is 0 Å². The lowest BCUT2D eigenvalue weighted by molar-refractivity contribution is 1.64. The van der Waals surface area contributed by atoms with E-state index in [0.717, 1.165) is 22.7 Å². The van der Waals surface area contributed by atoms with Gasteiger partial charge in [0.2, 0.25) is 0 Å². The van der Waals surface area contributed by atoms with Crippen molar-refractivity contribution in [1.29, 1.82) is 0 Å². The van der Waals surface area contributed by atoms with Gasteiger partial charge >= 0.3 is 0 Å². The first-order valence-corrected chi connectivity index (χ1v) is 5.56. The quantitative estimate of drug-likeness (QED) is 0.715. The summed E-state index contributed by atoms with van der Waals surface area (Å²) in [4.78, 5) is 0. The van der Waals surface area contributed by atoms with Crippen molar-refractivity contribution in [3.63, 3.8) is 0 Å². The molecule has 0 amide bonds. The number of hydrogen-bond donors (Lipinski definition) is 3. The van der Waals surface area contributed by atoms with Crippen LogP contribution in [0.2, 0.25) is 0 Å². The summed E-state index contributed by atoms with van der Waals surface area (Å²) >= 11 is 3.14. The predicted octanol–water partition coefficient (Wildman–Crippen LogP) is 2.72. The Morgan fingerprint density at radius 1 is 0.846 bits per heavy atom. The van der Waals surface area contributed by atoms with Crippen molar-refractivity contribution >= 4 is 45.4 Å². The van der Waals surface area contributed by atoms with Crippen molar-refractivity contribution in [2.45, 2.75) is 0 Å². The van der Waals surface area contributed by atoms with Gasteiger partial charge in [0.05, 0.1) is 22.7 Å². The first-order chi connectivity index (χ1) is 6.27. The molecule has 0 saturated heterocycles. The molecule has 2 aromatic heterocycles. The van der Waals surface area contributed by atoms with E-state index in [2.05, 4.69) is 5.32 Å². The fourth-order valence-electron chi connectivity index (χ4n) is 0.962. The minimum atomic E-state index is 0.760. The minimum absolute atomic E-state index is 0.760. The number of nitrogen functional groups attached to an aromatic ring is 2. The normalized spacial score (nSPS) is 10.2. The summed E-state index contributed by atoms with van der Waals surface area (Å²) in [5.74, 6) is 0. The maximum absolute atomic E-state index is 5.72. The number of thiophene rings is 2. The van der Waals surface area contributed by atoms with E-state index in [0.29, 0.717) is 0 Å². The summed E-state index contributed by atoms with van der Waals surface area (Å²) < 4.78 is 0. The van der Waals surface area contributed by atoms with Gasteiger partial charge in [0.25, 0.3) is 0 Å². The van der Waals surface area contributed by atoms with Crippen LogP contribution in [0.15, 0.2) is 21.5 Å². The van der Waals surface area contributed by atoms with Crippen LogP contribution in [0.25, 0.3) is 0 Å². The Hall–Kier alpha value is -1.20. The summed E-state index contributed by atoms with van der Waals surface area (Å²) in [7, 11) is 0. The highest BCUT2D eigenvalue weighted by atomic mass is 32.1. The van der Waals surface area contributed by atoms with Crippen LogP contribution < -0.4 is 16.8 Å². The Labute approximate surface area is 84.0 Å². The molecule has 2 heterocycles. The Morgan fingerprint density at radius 3 is 1.62 bits per heavy atom. The predicted molar refractivity (Wildman–Crippen MR) is 60.7 cm³/mol. The summed E-state index contributed by atoms with van der Waals surface area (Å²) in [6.07, 6.45) is 0. The lowest BCUT2D eigenvalue weighted by Gasteiger charge is -2.03. The van der Waals surface area contributed by atoms with Gasteiger partial charge in [-0.3, -0.25) is 0 Å². The lowest BCUT2D eigenvalue weighted by Crippen LogP contribution is -1.94. The molecular weight excluding hydrogens is 202 g/mol. The van der Waals surface area contributed by atoms with Gasteiger partial charge in [-0.2, -0.15) is 0 Å². The molecule has 0 saturated carbocycles. The molecule has 0 radical (unpaired) electrons. The van der Waals surface area contributed by atoms with Crippen LogP contribution in [0.5, 0.6) is 0 Å². The molecule has 0 spiro atoms. The van der Waals surface area contributed by atoms with Crippen LogP contribution in [0.3, 0.4) is 0 Å². The van der Waals surface area contributed by atoms with Crippen molar-refractivity contribution < 1.29 is 0 Å². The molecule has 0 unspecified atom stereocenters. The average Bonchev–Trinajstić information content (AvgIpc) is 2.65. The number of rotatable bonds is 2. The van der Waals surface area contributed by atoms with Crippen molar-refractivity contribution in [3.05, 3.63) is 21.5 Å². The molecule has 0 aromatic carbocycles. The van der Waals surface area contributed by atoms with Gasteiger partial charge in [-0.15, -0.1) is 22.7 Å². The third-order valence-corrected chi connectivity index (χ3v) is 3.18. The Morgan fingerprint density at radius 2 is 1.31 bits per heavy atom. The highest BCUT2D eigenvalue weighted by Crippen LogP contribution is 2.31. The number of nitrogens with two attached hydrogens (primary N) is 2. The standard InChI is InChI=1S/C8H9N3S2/c9-5-1-12-3-7(5)11-8-4-13-2-6(8)10/h1-4,11H,9-10H2. The highest BCUT2D eigenvalue weighted by Gasteiger charge is 2.03. The van der Waals surface area contributed by atoms with E-state index in [-0.39, 0.29) is 0 Å². The van der Waals surface area contributed by atoms with Crippen molar-refractivity contribution in [3.8, 4) is 0 Å². The Kier molecular flexibility index (Phi) is 2.12. The third kappa shape index (κ3) is 1.61. The van der Waals surface area contributed by atoms with Crippen LogP contribution in [0.4, 0.5) is 22.7 Å². The molecule has 0 fully saturated rings. The highest BCUT2D eigenvalue weighted by molar-refractivity contribution is 7.09. The molecule has 0 bridgehead atoms. The zero-order chi connectivity index (χ0) is 9.26. The molecule has 2 aromatic rings. The van der Waals surface area contributed by atoms with Gasteiger partial charge in [0.15, 0.2) is 0 Å². The van der Waals surface area contributed by atoms with Gasteiger partial charge in [-0.1, -0.05) is 0 Å². The minimum Gasteiger partial charge on any atom is -0.396 e. The SMILES string of the molecule is Nc1cscc1Nc1cscc1N. The largest absolute Gasteiger partial charge is 0.396 e. The topological polar surface area (TPSA) is 64.1 Å². The van der Waals surface area contributed by atoms with E-state index in [1.54, 1.807) is 22.7 Å². The van der Waals surface area contributed by atoms with E-state index < -0.39 is 0 Å². The second-order valence-corrected chi connectivity index (χ2v) is 4.09. The fourth-order valence-corrected chi connectivity index (χ4v) is 2.31.